The highest BCUT2D eigenvalue weighted by atomic mass is 19.4. The van der Waals surface area contributed by atoms with Crippen LogP contribution in [-0.2, 0) is 0 Å². The molecule has 1 unspecified atom stereocenters. The lowest BCUT2D eigenvalue weighted by molar-refractivity contribution is -0.156. The van der Waals surface area contributed by atoms with Gasteiger partial charge in [0.25, 0.3) is 5.91 Å². The van der Waals surface area contributed by atoms with E-state index in [1.54, 1.807) is 0 Å². The van der Waals surface area contributed by atoms with Gasteiger partial charge < -0.3 is 5.32 Å². The second kappa shape index (κ2) is 6.04. The van der Waals surface area contributed by atoms with Crippen LogP contribution in [0, 0.1) is 11.6 Å². The van der Waals surface area contributed by atoms with Gasteiger partial charge in [-0.25, -0.2) is 13.8 Å². The number of alkyl halides is 3. The lowest BCUT2D eigenvalue weighted by Gasteiger charge is -2.22. The van der Waals surface area contributed by atoms with E-state index in [-0.39, 0.29) is 0 Å². The number of benzene rings is 1. The zero-order chi connectivity index (χ0) is 16.3. The minimum absolute atomic E-state index is 0.409. The summed E-state index contributed by atoms with van der Waals surface area (Å²) in [5.74, 6) is -4.08. The molecule has 1 atom stereocenters. The van der Waals surface area contributed by atoms with Crippen molar-refractivity contribution in [3.63, 3.8) is 0 Å². The van der Waals surface area contributed by atoms with Gasteiger partial charge in [-0.2, -0.15) is 13.2 Å². The van der Waals surface area contributed by atoms with Crippen LogP contribution in [0.15, 0.2) is 36.8 Å². The van der Waals surface area contributed by atoms with Gasteiger partial charge in [0.1, 0.15) is 17.3 Å². The molecule has 2 aromatic rings. The van der Waals surface area contributed by atoms with E-state index in [1.165, 1.54) is 11.5 Å². The summed E-state index contributed by atoms with van der Waals surface area (Å²) in [6.45, 7) is 0. The average Bonchev–Trinajstić information content (AvgIpc) is 2.45. The summed E-state index contributed by atoms with van der Waals surface area (Å²) >= 11 is 0. The molecule has 0 bridgehead atoms. The fourth-order valence-electron chi connectivity index (χ4n) is 1.73. The third kappa shape index (κ3) is 3.35. The smallest absolute Gasteiger partial charge is 0.335 e. The Kier molecular flexibility index (Phi) is 4.34. The third-order valence-corrected chi connectivity index (χ3v) is 2.69. The summed E-state index contributed by atoms with van der Waals surface area (Å²) in [6, 6.07) is -0.577. The Hall–Kier alpha value is -2.58. The first-order chi connectivity index (χ1) is 10.3. The van der Waals surface area contributed by atoms with Crippen molar-refractivity contribution in [1.82, 2.24) is 15.3 Å². The van der Waals surface area contributed by atoms with Gasteiger partial charge in [0.2, 0.25) is 0 Å². The maximum Gasteiger partial charge on any atom is 0.413 e. The van der Waals surface area contributed by atoms with Crippen LogP contribution in [0.5, 0.6) is 0 Å². The number of amides is 1. The van der Waals surface area contributed by atoms with Crippen LogP contribution >= 0.6 is 0 Å². The van der Waals surface area contributed by atoms with Gasteiger partial charge in [0.05, 0.1) is 11.8 Å². The molecule has 4 nitrogen and oxygen atoms in total. The molecule has 0 saturated heterocycles. The minimum Gasteiger partial charge on any atom is -0.335 e. The summed E-state index contributed by atoms with van der Waals surface area (Å²) in [4.78, 5) is 18.8. The van der Waals surface area contributed by atoms with Crippen LogP contribution in [0.3, 0.4) is 0 Å². The number of nitrogens with zero attached hydrogens (tertiary/aromatic N) is 2. The number of rotatable bonds is 3. The number of hydrogen-bond acceptors (Lipinski definition) is 3. The van der Waals surface area contributed by atoms with Gasteiger partial charge >= 0.3 is 6.18 Å². The zero-order valence-corrected chi connectivity index (χ0v) is 10.7. The monoisotopic (exact) mass is 317 g/mol. The molecule has 9 heteroatoms. The molecule has 0 saturated carbocycles. The topological polar surface area (TPSA) is 54.9 Å². The van der Waals surface area contributed by atoms with Crippen LogP contribution in [0.25, 0.3) is 0 Å². The predicted molar refractivity (Wildman–Crippen MR) is 64.7 cm³/mol. The van der Waals surface area contributed by atoms with Crippen LogP contribution < -0.4 is 5.32 Å². The molecule has 1 aromatic heterocycles. The van der Waals surface area contributed by atoms with E-state index in [0.29, 0.717) is 12.1 Å². The van der Waals surface area contributed by atoms with Crippen LogP contribution in [0.4, 0.5) is 22.0 Å². The highest BCUT2D eigenvalue weighted by molar-refractivity contribution is 5.92. The second-order valence-corrected chi connectivity index (χ2v) is 4.17. The highest BCUT2D eigenvalue weighted by Gasteiger charge is 2.45. The molecule has 0 fully saturated rings. The molecule has 0 radical (unpaired) electrons. The van der Waals surface area contributed by atoms with Gasteiger partial charge in [-0.15, -0.1) is 0 Å². The lowest BCUT2D eigenvalue weighted by Crippen LogP contribution is -2.39. The Balaban J connectivity index is 2.39. The zero-order valence-electron chi connectivity index (χ0n) is 10.7. The van der Waals surface area contributed by atoms with Gasteiger partial charge in [-0.3, -0.25) is 9.78 Å². The lowest BCUT2D eigenvalue weighted by atomic mass is 10.0. The number of nitrogens with one attached hydrogen (secondary N) is 1. The molecule has 1 heterocycles. The number of carbonyl (C=O) groups excluding carboxylic acids is 1. The largest absolute Gasteiger partial charge is 0.413 e. The average molecular weight is 317 g/mol. The second-order valence-electron chi connectivity index (χ2n) is 4.17. The Morgan fingerprint density at radius 2 is 1.77 bits per heavy atom. The normalized spacial score (nSPS) is 12.8. The van der Waals surface area contributed by atoms with E-state index in [2.05, 4.69) is 9.97 Å². The quantitative estimate of drug-likeness (QED) is 0.886. The van der Waals surface area contributed by atoms with Crippen molar-refractivity contribution < 1.29 is 26.7 Å². The summed E-state index contributed by atoms with van der Waals surface area (Å²) in [5.41, 5.74) is -1.69. The van der Waals surface area contributed by atoms with E-state index in [9.17, 15) is 26.7 Å². The van der Waals surface area contributed by atoms with Crippen molar-refractivity contribution in [2.75, 3.05) is 0 Å². The molecular formula is C13H8F5N3O. The van der Waals surface area contributed by atoms with Crippen molar-refractivity contribution in [3.8, 4) is 0 Å². The summed E-state index contributed by atoms with van der Waals surface area (Å²) in [5, 5.41) is 1.52. The molecule has 1 aromatic carbocycles. The van der Waals surface area contributed by atoms with Crippen molar-refractivity contribution in [2.24, 2.45) is 0 Å². The van der Waals surface area contributed by atoms with Gasteiger partial charge in [0, 0.05) is 12.4 Å². The van der Waals surface area contributed by atoms with E-state index >= 15 is 0 Å². The Morgan fingerprint density at radius 1 is 1.14 bits per heavy atom. The van der Waals surface area contributed by atoms with Crippen molar-refractivity contribution in [1.29, 1.82) is 0 Å². The molecule has 1 N–H and O–H groups in total. The fraction of sp³-hybridized carbons (Fsp3) is 0.154. The minimum atomic E-state index is -5.10. The summed E-state index contributed by atoms with van der Waals surface area (Å²) < 4.78 is 66.3. The van der Waals surface area contributed by atoms with Gasteiger partial charge in [-0.1, -0.05) is 6.07 Å². The highest BCUT2D eigenvalue weighted by Crippen LogP contribution is 2.35. The predicted octanol–water partition coefficient (Wildman–Crippen LogP) is 2.79. The first-order valence-corrected chi connectivity index (χ1v) is 5.88. The Bertz CT molecular complexity index is 655. The maximum atomic E-state index is 13.6. The van der Waals surface area contributed by atoms with E-state index in [4.69, 9.17) is 0 Å². The molecule has 0 aliphatic rings. The first-order valence-electron chi connectivity index (χ1n) is 5.88. The first kappa shape index (κ1) is 15.8. The number of hydrogen-bond donors (Lipinski definition) is 1. The van der Waals surface area contributed by atoms with Crippen LogP contribution in [0.1, 0.15) is 22.1 Å². The third-order valence-electron chi connectivity index (χ3n) is 2.69. The van der Waals surface area contributed by atoms with E-state index in [0.717, 1.165) is 18.5 Å². The summed E-state index contributed by atoms with van der Waals surface area (Å²) in [7, 11) is 0. The maximum absolute atomic E-state index is 13.6. The molecule has 0 aliphatic carbocycles. The molecule has 0 spiro atoms. The number of halogens is 5. The molecule has 116 valence electrons. The van der Waals surface area contributed by atoms with E-state index in [1.807, 2.05) is 0 Å². The fourth-order valence-corrected chi connectivity index (χ4v) is 1.73. The van der Waals surface area contributed by atoms with Gasteiger partial charge in [-0.05, 0) is 12.1 Å². The van der Waals surface area contributed by atoms with Crippen LogP contribution in [0.2, 0.25) is 0 Å². The number of aromatic nitrogens is 2. The Labute approximate surface area is 121 Å². The van der Waals surface area contributed by atoms with E-state index < -0.39 is 41.0 Å². The molecular weight excluding hydrogens is 309 g/mol. The van der Waals surface area contributed by atoms with Crippen molar-refractivity contribution in [2.45, 2.75) is 12.2 Å². The van der Waals surface area contributed by atoms with Crippen LogP contribution in [-0.4, -0.2) is 22.1 Å². The summed E-state index contributed by atoms with van der Waals surface area (Å²) in [6.07, 6.45) is -1.85. The SMILES string of the molecule is O=C(NC(c1c(F)cccc1F)C(F)(F)F)c1cnccn1. The molecule has 2 rings (SSSR count). The molecule has 22 heavy (non-hydrogen) atoms. The Morgan fingerprint density at radius 3 is 2.27 bits per heavy atom. The van der Waals surface area contributed by atoms with Gasteiger partial charge in [0.15, 0.2) is 6.04 Å². The standard InChI is InChI=1S/C13H8F5N3O/c14-7-2-1-3-8(15)10(7)11(13(16,17)18)21-12(22)9-6-19-4-5-20-9/h1-6,11H,(H,21,22). The van der Waals surface area contributed by atoms with Crippen molar-refractivity contribution in [3.05, 3.63) is 59.7 Å². The number of carbonyl (C=O) groups is 1. The van der Waals surface area contributed by atoms with Crippen molar-refractivity contribution >= 4 is 5.91 Å². The molecule has 1 amide bonds. The molecule has 0 aliphatic heterocycles.